The molecule has 1 aromatic rings. The normalized spacial score (nSPS) is 19.9. The summed E-state index contributed by atoms with van der Waals surface area (Å²) in [6.45, 7) is 10.9. The summed E-state index contributed by atoms with van der Waals surface area (Å²) in [7, 11) is 1.79. The van der Waals surface area contributed by atoms with Crippen LogP contribution in [0.15, 0.2) is 35.3 Å². The van der Waals surface area contributed by atoms with Crippen molar-refractivity contribution in [3.63, 3.8) is 0 Å². The Bertz CT molecular complexity index is 565. The van der Waals surface area contributed by atoms with Crippen LogP contribution in [0.4, 0.5) is 0 Å². The van der Waals surface area contributed by atoms with Gasteiger partial charge in [0, 0.05) is 38.1 Å². The van der Waals surface area contributed by atoms with Crippen molar-refractivity contribution in [3.05, 3.63) is 35.9 Å². The van der Waals surface area contributed by atoms with Gasteiger partial charge in [-0.25, -0.2) is 0 Å². The molecule has 2 rings (SSSR count). The van der Waals surface area contributed by atoms with Crippen molar-refractivity contribution < 1.29 is 5.11 Å². The number of guanidine groups is 1. The van der Waals surface area contributed by atoms with Gasteiger partial charge in [0.15, 0.2) is 5.96 Å². The molecule has 1 aliphatic heterocycles. The highest BCUT2D eigenvalue weighted by Crippen LogP contribution is 2.23. The first kappa shape index (κ1) is 24.2. The molecule has 1 aromatic carbocycles. The topological polar surface area (TPSA) is 59.9 Å². The molecule has 0 aromatic heterocycles. The molecular formula is C21H37IN4O. The molecule has 0 saturated carbocycles. The molecule has 1 heterocycles. The molecule has 0 bridgehead atoms. The summed E-state index contributed by atoms with van der Waals surface area (Å²) in [6.07, 6.45) is 2.62. The first-order chi connectivity index (χ1) is 12.5. The van der Waals surface area contributed by atoms with Crippen LogP contribution in [0.1, 0.15) is 45.1 Å². The number of hydrogen-bond acceptors (Lipinski definition) is 3. The number of aliphatic imine (C=N–C) groups is 1. The summed E-state index contributed by atoms with van der Waals surface area (Å²) in [5.74, 6) is 1.62. The van der Waals surface area contributed by atoms with E-state index >= 15 is 0 Å². The van der Waals surface area contributed by atoms with Crippen LogP contribution in [-0.2, 0) is 0 Å². The van der Waals surface area contributed by atoms with Gasteiger partial charge in [0.2, 0.25) is 0 Å². The van der Waals surface area contributed by atoms with E-state index in [1.165, 1.54) is 25.9 Å². The Morgan fingerprint density at radius 2 is 2.00 bits per heavy atom. The third-order valence-electron chi connectivity index (χ3n) is 5.43. The fraction of sp³-hybridized carbons (Fsp3) is 0.667. The van der Waals surface area contributed by atoms with Crippen LogP contribution in [0.3, 0.4) is 0 Å². The van der Waals surface area contributed by atoms with Gasteiger partial charge in [-0.15, -0.1) is 24.0 Å². The molecule has 154 valence electrons. The van der Waals surface area contributed by atoms with Crippen LogP contribution in [0.2, 0.25) is 0 Å². The number of hydrogen-bond donors (Lipinski definition) is 3. The second kappa shape index (κ2) is 11.9. The van der Waals surface area contributed by atoms with Crippen LogP contribution in [0.25, 0.3) is 0 Å². The molecule has 0 spiro atoms. The van der Waals surface area contributed by atoms with Crippen molar-refractivity contribution in [2.75, 3.05) is 39.8 Å². The van der Waals surface area contributed by atoms with Crippen LogP contribution in [0, 0.1) is 5.92 Å². The number of nitrogens with one attached hydrogen (secondary N) is 2. The molecule has 0 radical (unpaired) electrons. The number of halogens is 1. The molecule has 2 unspecified atom stereocenters. The van der Waals surface area contributed by atoms with Gasteiger partial charge in [0.05, 0.1) is 6.61 Å². The third-order valence-corrected chi connectivity index (χ3v) is 5.43. The molecule has 3 N–H and O–H groups in total. The van der Waals surface area contributed by atoms with Crippen molar-refractivity contribution in [2.45, 2.75) is 45.1 Å². The summed E-state index contributed by atoms with van der Waals surface area (Å²) in [5.41, 5.74) is 1.22. The summed E-state index contributed by atoms with van der Waals surface area (Å²) >= 11 is 0. The Labute approximate surface area is 182 Å². The van der Waals surface area contributed by atoms with Crippen molar-refractivity contribution in [1.29, 1.82) is 0 Å². The minimum atomic E-state index is 0. The minimum absolute atomic E-state index is 0. The molecule has 2 atom stereocenters. The SMILES string of the molecule is CN=C(NCC(CO)c1ccccc1)NCC(C)(C)N1CCCC(C)C1.I. The van der Waals surface area contributed by atoms with Crippen LogP contribution >= 0.6 is 24.0 Å². The molecule has 6 heteroatoms. The molecule has 1 saturated heterocycles. The zero-order valence-electron chi connectivity index (χ0n) is 17.2. The monoisotopic (exact) mass is 488 g/mol. The second-order valence-corrected chi connectivity index (χ2v) is 8.10. The summed E-state index contributed by atoms with van der Waals surface area (Å²) < 4.78 is 0. The first-order valence-corrected chi connectivity index (χ1v) is 9.81. The predicted molar refractivity (Wildman–Crippen MR) is 125 cm³/mol. The highest BCUT2D eigenvalue weighted by Gasteiger charge is 2.30. The standard InChI is InChI=1S/C21H36N4O.HI/c1-17-9-8-12-25(14-17)21(2,3)16-24-20(22-4)23-13-19(15-26)18-10-6-5-7-11-18;/h5-7,10-11,17,19,26H,8-9,12-16H2,1-4H3,(H2,22,23,24);1H. The number of aliphatic hydroxyl groups excluding tert-OH is 1. The maximum Gasteiger partial charge on any atom is 0.191 e. The Morgan fingerprint density at radius 3 is 2.59 bits per heavy atom. The molecule has 5 nitrogen and oxygen atoms in total. The van der Waals surface area contributed by atoms with Crippen LogP contribution in [-0.4, -0.2) is 61.3 Å². The zero-order chi connectivity index (χ0) is 19.0. The average Bonchev–Trinajstić information content (AvgIpc) is 2.65. The number of benzene rings is 1. The maximum atomic E-state index is 9.71. The smallest absolute Gasteiger partial charge is 0.191 e. The number of piperidine rings is 1. The van der Waals surface area contributed by atoms with Crippen LogP contribution < -0.4 is 10.6 Å². The average molecular weight is 488 g/mol. The van der Waals surface area contributed by atoms with E-state index in [1.807, 2.05) is 18.2 Å². The largest absolute Gasteiger partial charge is 0.396 e. The van der Waals surface area contributed by atoms with Gasteiger partial charge in [0.25, 0.3) is 0 Å². The Hall–Kier alpha value is -0.860. The molecule has 0 aliphatic carbocycles. The predicted octanol–water partition coefficient (Wildman–Crippen LogP) is 3.06. The van der Waals surface area contributed by atoms with Crippen molar-refractivity contribution in [2.24, 2.45) is 10.9 Å². The lowest BCUT2D eigenvalue weighted by atomic mass is 9.93. The van der Waals surface area contributed by atoms with E-state index in [4.69, 9.17) is 0 Å². The summed E-state index contributed by atoms with van der Waals surface area (Å²) in [6, 6.07) is 10.1. The second-order valence-electron chi connectivity index (χ2n) is 8.10. The third kappa shape index (κ3) is 7.58. The zero-order valence-corrected chi connectivity index (χ0v) is 19.6. The van der Waals surface area contributed by atoms with Crippen molar-refractivity contribution in [1.82, 2.24) is 15.5 Å². The van der Waals surface area contributed by atoms with Gasteiger partial charge in [-0.2, -0.15) is 0 Å². The lowest BCUT2D eigenvalue weighted by Gasteiger charge is -2.43. The summed E-state index contributed by atoms with van der Waals surface area (Å²) in [5, 5.41) is 16.5. The van der Waals surface area contributed by atoms with E-state index in [0.717, 1.165) is 24.0 Å². The van der Waals surface area contributed by atoms with Crippen molar-refractivity contribution >= 4 is 29.9 Å². The summed E-state index contributed by atoms with van der Waals surface area (Å²) in [4.78, 5) is 6.93. The lowest BCUT2D eigenvalue weighted by Crippen LogP contribution is -2.56. The number of nitrogens with zero attached hydrogens (tertiary/aromatic N) is 2. The first-order valence-electron chi connectivity index (χ1n) is 9.81. The van der Waals surface area contributed by atoms with E-state index in [0.29, 0.717) is 6.54 Å². The number of aliphatic hydroxyl groups is 1. The van der Waals surface area contributed by atoms with E-state index in [9.17, 15) is 5.11 Å². The van der Waals surface area contributed by atoms with Crippen molar-refractivity contribution in [3.8, 4) is 0 Å². The van der Waals surface area contributed by atoms with Gasteiger partial charge in [0.1, 0.15) is 0 Å². The maximum absolute atomic E-state index is 9.71. The minimum Gasteiger partial charge on any atom is -0.396 e. The molecule has 1 fully saturated rings. The molecule has 27 heavy (non-hydrogen) atoms. The van der Waals surface area contributed by atoms with Gasteiger partial charge >= 0.3 is 0 Å². The molecule has 0 amide bonds. The van der Waals surface area contributed by atoms with Gasteiger partial charge < -0.3 is 15.7 Å². The van der Waals surface area contributed by atoms with Gasteiger partial charge in [-0.3, -0.25) is 9.89 Å². The van der Waals surface area contributed by atoms with Crippen LogP contribution in [0.5, 0.6) is 0 Å². The number of rotatable bonds is 7. The van der Waals surface area contributed by atoms with Gasteiger partial charge in [-0.1, -0.05) is 37.3 Å². The fourth-order valence-corrected chi connectivity index (χ4v) is 3.60. The lowest BCUT2D eigenvalue weighted by molar-refractivity contribution is 0.0739. The van der Waals surface area contributed by atoms with E-state index in [2.05, 4.69) is 53.4 Å². The van der Waals surface area contributed by atoms with Gasteiger partial charge in [-0.05, 0) is 44.7 Å². The van der Waals surface area contributed by atoms with E-state index in [-0.39, 0.29) is 42.0 Å². The van der Waals surface area contributed by atoms with E-state index in [1.54, 1.807) is 7.05 Å². The number of likely N-dealkylation sites (tertiary alicyclic amines) is 1. The highest BCUT2D eigenvalue weighted by molar-refractivity contribution is 14.0. The Kier molecular flexibility index (Phi) is 10.6. The Morgan fingerprint density at radius 1 is 1.30 bits per heavy atom. The fourth-order valence-electron chi connectivity index (χ4n) is 3.60. The molecular weight excluding hydrogens is 451 g/mol. The quantitative estimate of drug-likeness (QED) is 0.314. The Balaban J connectivity index is 0.00000364. The highest BCUT2D eigenvalue weighted by atomic mass is 127. The van der Waals surface area contributed by atoms with E-state index < -0.39 is 0 Å². The molecule has 1 aliphatic rings.